The number of aliphatic hydroxyl groups excluding tert-OH is 1. The zero-order chi connectivity index (χ0) is 25.2. The molecule has 0 bridgehead atoms. The Bertz CT molecular complexity index is 1310. The minimum absolute atomic E-state index is 0.0221. The van der Waals surface area contributed by atoms with Crippen LogP contribution in [-0.4, -0.2) is 73.1 Å². The van der Waals surface area contributed by atoms with Gasteiger partial charge >= 0.3 is 0 Å². The number of Topliss-reactive ketones (excluding diaryl/α,β-unsaturated/α-hetero) is 1. The molecule has 1 fully saturated rings. The van der Waals surface area contributed by atoms with Crippen LogP contribution in [0.15, 0.2) is 64.3 Å². The largest absolute Gasteiger partial charge is 0.503 e. The Morgan fingerprint density at radius 1 is 1.14 bits per heavy atom. The zero-order valence-corrected chi connectivity index (χ0v) is 19.9. The summed E-state index contributed by atoms with van der Waals surface area (Å²) in [5.74, 6) is -1.86. The van der Waals surface area contributed by atoms with E-state index in [0.717, 1.165) is 19.6 Å². The Hall–Kier alpha value is -3.69. The number of para-hydroxylation sites is 1. The van der Waals surface area contributed by atoms with Crippen molar-refractivity contribution in [3.05, 3.63) is 77.0 Å². The molecule has 188 valence electrons. The molecule has 0 spiro atoms. The van der Waals surface area contributed by atoms with Gasteiger partial charge in [-0.1, -0.05) is 24.3 Å². The van der Waals surface area contributed by atoms with E-state index in [9.17, 15) is 19.1 Å². The molecular weight excluding hydrogens is 467 g/mol. The first-order chi connectivity index (χ1) is 17.5. The van der Waals surface area contributed by atoms with Crippen LogP contribution in [0.4, 0.5) is 4.39 Å². The van der Waals surface area contributed by atoms with Gasteiger partial charge in [0.2, 0.25) is 5.78 Å². The van der Waals surface area contributed by atoms with E-state index in [1.165, 1.54) is 36.3 Å². The van der Waals surface area contributed by atoms with E-state index in [1.807, 2.05) is 0 Å². The summed E-state index contributed by atoms with van der Waals surface area (Å²) >= 11 is 0. The number of halogens is 1. The molecule has 1 saturated heterocycles. The third-order valence-electron chi connectivity index (χ3n) is 6.66. The summed E-state index contributed by atoms with van der Waals surface area (Å²) in [6.07, 6.45) is 0.639. The van der Waals surface area contributed by atoms with Crippen LogP contribution < -0.4 is 4.74 Å². The van der Waals surface area contributed by atoms with Crippen molar-refractivity contribution in [1.82, 2.24) is 9.80 Å². The summed E-state index contributed by atoms with van der Waals surface area (Å²) in [4.78, 5) is 30.5. The SMILES string of the molecule is COc1cccc2cc(C(=O)C3=C(O)C(=O)N(CCCN4CCOCC4)C3c3ccc(F)cc3)oc12. The maximum Gasteiger partial charge on any atom is 0.290 e. The Kier molecular flexibility index (Phi) is 6.75. The van der Waals surface area contributed by atoms with Gasteiger partial charge in [0.15, 0.2) is 22.9 Å². The minimum Gasteiger partial charge on any atom is -0.503 e. The van der Waals surface area contributed by atoms with Crippen LogP contribution >= 0.6 is 0 Å². The molecule has 8 nitrogen and oxygen atoms in total. The van der Waals surface area contributed by atoms with Gasteiger partial charge in [0.25, 0.3) is 5.91 Å². The number of fused-ring (bicyclic) bond motifs is 1. The normalized spacial score (nSPS) is 18.9. The molecule has 0 saturated carbocycles. The van der Waals surface area contributed by atoms with Crippen molar-refractivity contribution in [2.24, 2.45) is 0 Å². The first kappa shape index (κ1) is 24.0. The van der Waals surface area contributed by atoms with Crippen LogP contribution in [0, 0.1) is 5.82 Å². The topological polar surface area (TPSA) is 92.5 Å². The Morgan fingerprint density at radius 2 is 1.89 bits per heavy atom. The number of benzene rings is 2. The highest BCUT2D eigenvalue weighted by molar-refractivity contribution is 6.16. The van der Waals surface area contributed by atoms with E-state index in [4.69, 9.17) is 13.9 Å². The second-order valence-electron chi connectivity index (χ2n) is 8.84. The standard InChI is InChI=1S/C27H27FN2O6/c1-34-20-5-2-4-18-16-21(36-26(18)20)24(31)22-23(17-6-8-19(28)9-7-17)30(27(33)25(22)32)11-3-10-29-12-14-35-15-13-29/h2,4-9,16,23,32H,3,10-15H2,1H3. The van der Waals surface area contributed by atoms with Gasteiger partial charge in [-0.25, -0.2) is 4.39 Å². The van der Waals surface area contributed by atoms with Crippen LogP contribution in [0.3, 0.4) is 0 Å². The fourth-order valence-corrected chi connectivity index (χ4v) is 4.84. The van der Waals surface area contributed by atoms with E-state index in [-0.39, 0.29) is 11.3 Å². The van der Waals surface area contributed by atoms with Crippen LogP contribution in [0.2, 0.25) is 0 Å². The number of hydrogen-bond acceptors (Lipinski definition) is 7. The van der Waals surface area contributed by atoms with Crippen molar-refractivity contribution in [2.75, 3.05) is 46.5 Å². The second kappa shape index (κ2) is 10.1. The molecule has 0 radical (unpaired) electrons. The van der Waals surface area contributed by atoms with E-state index in [1.54, 1.807) is 24.3 Å². The number of furan rings is 1. The van der Waals surface area contributed by atoms with Gasteiger partial charge in [-0.05, 0) is 36.2 Å². The van der Waals surface area contributed by atoms with E-state index in [0.29, 0.717) is 48.5 Å². The number of methoxy groups -OCH3 is 1. The van der Waals surface area contributed by atoms with Crippen LogP contribution in [0.25, 0.3) is 11.0 Å². The van der Waals surface area contributed by atoms with Gasteiger partial charge in [-0.15, -0.1) is 0 Å². The predicted octanol–water partition coefficient (Wildman–Crippen LogP) is 3.88. The van der Waals surface area contributed by atoms with Crippen LogP contribution in [0.1, 0.15) is 28.6 Å². The molecule has 3 heterocycles. The first-order valence-corrected chi connectivity index (χ1v) is 11.9. The molecule has 3 aromatic rings. The lowest BCUT2D eigenvalue weighted by Gasteiger charge is -2.30. The van der Waals surface area contributed by atoms with Crippen LogP contribution in [0.5, 0.6) is 5.75 Å². The maximum absolute atomic E-state index is 13.7. The molecule has 1 unspecified atom stereocenters. The monoisotopic (exact) mass is 494 g/mol. The lowest BCUT2D eigenvalue weighted by atomic mass is 9.95. The summed E-state index contributed by atoms with van der Waals surface area (Å²) in [5, 5.41) is 11.5. The number of ether oxygens (including phenoxy) is 2. The van der Waals surface area contributed by atoms with Crippen molar-refractivity contribution in [3.8, 4) is 5.75 Å². The summed E-state index contributed by atoms with van der Waals surface area (Å²) in [5.41, 5.74) is 0.835. The number of carbonyl (C=O) groups excluding carboxylic acids is 2. The summed E-state index contributed by atoms with van der Waals surface area (Å²) in [6.45, 7) is 4.04. The molecule has 9 heteroatoms. The molecular formula is C27H27FN2O6. The molecule has 2 aromatic carbocycles. The molecule has 36 heavy (non-hydrogen) atoms. The molecule has 2 aliphatic heterocycles. The molecule has 1 amide bonds. The second-order valence-corrected chi connectivity index (χ2v) is 8.84. The average molecular weight is 495 g/mol. The molecule has 1 atom stereocenters. The predicted molar refractivity (Wildman–Crippen MR) is 129 cm³/mol. The zero-order valence-electron chi connectivity index (χ0n) is 19.9. The molecule has 0 aliphatic carbocycles. The van der Waals surface area contributed by atoms with E-state index >= 15 is 0 Å². The summed E-state index contributed by atoms with van der Waals surface area (Å²) < 4.78 is 30.2. The number of hydrogen-bond donors (Lipinski definition) is 1. The van der Waals surface area contributed by atoms with Gasteiger partial charge < -0.3 is 23.9 Å². The molecule has 1 N–H and O–H groups in total. The highest BCUT2D eigenvalue weighted by Crippen LogP contribution is 2.40. The number of rotatable bonds is 8. The fraction of sp³-hybridized carbons (Fsp3) is 0.333. The quantitative estimate of drug-likeness (QED) is 0.475. The summed E-state index contributed by atoms with van der Waals surface area (Å²) in [6, 6.07) is 11.6. The lowest BCUT2D eigenvalue weighted by Crippen LogP contribution is -2.39. The van der Waals surface area contributed by atoms with Gasteiger partial charge in [-0.2, -0.15) is 0 Å². The number of carbonyl (C=O) groups is 2. The van der Waals surface area contributed by atoms with Crippen molar-refractivity contribution in [3.63, 3.8) is 0 Å². The number of morpholine rings is 1. The number of aliphatic hydroxyl groups is 1. The number of nitrogens with zero attached hydrogens (tertiary/aromatic N) is 2. The van der Waals surface area contributed by atoms with Crippen molar-refractivity contribution in [1.29, 1.82) is 0 Å². The van der Waals surface area contributed by atoms with E-state index < -0.39 is 29.3 Å². The Labute approximate surface area is 207 Å². The van der Waals surface area contributed by atoms with Crippen molar-refractivity contribution >= 4 is 22.7 Å². The number of amides is 1. The molecule has 5 rings (SSSR count). The molecule has 1 aromatic heterocycles. The van der Waals surface area contributed by atoms with Gasteiger partial charge in [-0.3, -0.25) is 14.5 Å². The highest BCUT2D eigenvalue weighted by atomic mass is 19.1. The van der Waals surface area contributed by atoms with Gasteiger partial charge in [0, 0.05) is 31.6 Å². The molecule has 2 aliphatic rings. The third-order valence-corrected chi connectivity index (χ3v) is 6.66. The smallest absolute Gasteiger partial charge is 0.290 e. The minimum atomic E-state index is -0.870. The highest BCUT2D eigenvalue weighted by Gasteiger charge is 2.44. The number of ketones is 1. The maximum atomic E-state index is 13.7. The van der Waals surface area contributed by atoms with Crippen molar-refractivity contribution < 1.29 is 33.0 Å². The Balaban J connectivity index is 1.46. The van der Waals surface area contributed by atoms with Gasteiger partial charge in [0.1, 0.15) is 5.82 Å². The summed E-state index contributed by atoms with van der Waals surface area (Å²) in [7, 11) is 1.50. The van der Waals surface area contributed by atoms with Gasteiger partial charge in [0.05, 0.1) is 31.9 Å². The van der Waals surface area contributed by atoms with Crippen molar-refractivity contribution in [2.45, 2.75) is 12.5 Å². The fourth-order valence-electron chi connectivity index (χ4n) is 4.84. The van der Waals surface area contributed by atoms with Crippen LogP contribution in [-0.2, 0) is 9.53 Å². The van der Waals surface area contributed by atoms with E-state index in [2.05, 4.69) is 4.90 Å². The first-order valence-electron chi connectivity index (χ1n) is 11.9. The third kappa shape index (κ3) is 4.47. The lowest BCUT2D eigenvalue weighted by molar-refractivity contribution is -0.129. The average Bonchev–Trinajstić information content (AvgIpc) is 3.44. The Morgan fingerprint density at radius 3 is 2.61 bits per heavy atom.